The van der Waals surface area contributed by atoms with Crippen molar-refractivity contribution in [2.75, 3.05) is 6.54 Å². The first-order chi connectivity index (χ1) is 8.34. The molecule has 3 heteroatoms. The third-order valence-corrected chi connectivity index (χ3v) is 4.07. The molecule has 1 N–H and O–H groups in total. The molecule has 2 unspecified atom stereocenters. The fourth-order valence-corrected chi connectivity index (χ4v) is 3.25. The van der Waals surface area contributed by atoms with Crippen LogP contribution in [0.4, 0.5) is 0 Å². The lowest BCUT2D eigenvalue weighted by Crippen LogP contribution is -2.43. The molecule has 1 aliphatic carbocycles. The number of halogens is 1. The van der Waals surface area contributed by atoms with Crippen molar-refractivity contribution in [3.8, 4) is 0 Å². The van der Waals surface area contributed by atoms with Gasteiger partial charge >= 0.3 is 0 Å². The number of nitrogens with one attached hydrogen (secondary N) is 1. The molecular weight excluding hydrogens is 232 g/mol. The van der Waals surface area contributed by atoms with Gasteiger partial charge in [-0.1, -0.05) is 17.7 Å². The molecule has 0 amide bonds. The Morgan fingerprint density at radius 1 is 1.29 bits per heavy atom. The monoisotopic (exact) mass is 248 g/mol. The smallest absolute Gasteiger partial charge is 0.0595 e. The standard InChI is InChI=1S/C14H17ClN2/c15-12-7-11(8-16-9-12)13-5-1-3-10-4-2-6-17-14(10)13/h5,7-10,14,17H,1-4,6H2. The molecule has 1 aliphatic heterocycles. The van der Waals surface area contributed by atoms with E-state index in [1.165, 1.54) is 36.8 Å². The highest BCUT2D eigenvalue weighted by Gasteiger charge is 2.30. The summed E-state index contributed by atoms with van der Waals surface area (Å²) in [6.07, 6.45) is 11.1. The molecule has 0 saturated carbocycles. The Bertz CT molecular complexity index is 442. The Balaban J connectivity index is 1.93. The van der Waals surface area contributed by atoms with E-state index in [4.69, 9.17) is 11.6 Å². The van der Waals surface area contributed by atoms with Gasteiger partial charge in [0.25, 0.3) is 0 Å². The third-order valence-electron chi connectivity index (χ3n) is 3.86. The van der Waals surface area contributed by atoms with Crippen LogP contribution in [0.25, 0.3) is 5.57 Å². The van der Waals surface area contributed by atoms with Crippen molar-refractivity contribution in [2.24, 2.45) is 5.92 Å². The van der Waals surface area contributed by atoms with Crippen molar-refractivity contribution in [3.05, 3.63) is 35.1 Å². The lowest BCUT2D eigenvalue weighted by Gasteiger charge is -2.37. The summed E-state index contributed by atoms with van der Waals surface area (Å²) in [7, 11) is 0. The van der Waals surface area contributed by atoms with E-state index in [1.807, 2.05) is 12.3 Å². The minimum Gasteiger partial charge on any atom is -0.310 e. The maximum Gasteiger partial charge on any atom is 0.0595 e. The zero-order valence-corrected chi connectivity index (χ0v) is 10.6. The van der Waals surface area contributed by atoms with Crippen LogP contribution in [-0.2, 0) is 0 Å². The van der Waals surface area contributed by atoms with Gasteiger partial charge in [-0.15, -0.1) is 0 Å². The molecule has 1 saturated heterocycles. The minimum atomic E-state index is 0.512. The molecule has 1 aromatic rings. The molecule has 0 spiro atoms. The number of aromatic nitrogens is 1. The van der Waals surface area contributed by atoms with Crippen LogP contribution >= 0.6 is 11.6 Å². The largest absolute Gasteiger partial charge is 0.310 e. The molecule has 0 bridgehead atoms. The summed E-state index contributed by atoms with van der Waals surface area (Å²) in [6.45, 7) is 1.13. The number of allylic oxidation sites excluding steroid dienone is 1. The summed E-state index contributed by atoms with van der Waals surface area (Å²) in [5, 5.41) is 4.37. The summed E-state index contributed by atoms with van der Waals surface area (Å²) in [5.74, 6) is 0.794. The molecule has 90 valence electrons. The summed E-state index contributed by atoms with van der Waals surface area (Å²) in [4.78, 5) is 4.20. The summed E-state index contributed by atoms with van der Waals surface area (Å²) < 4.78 is 0. The molecule has 3 rings (SSSR count). The van der Waals surface area contributed by atoms with Crippen LogP contribution in [-0.4, -0.2) is 17.6 Å². The van der Waals surface area contributed by atoms with E-state index in [9.17, 15) is 0 Å². The maximum atomic E-state index is 6.03. The first kappa shape index (κ1) is 11.2. The van der Waals surface area contributed by atoms with E-state index in [-0.39, 0.29) is 0 Å². The first-order valence-electron chi connectivity index (χ1n) is 6.39. The van der Waals surface area contributed by atoms with Crippen molar-refractivity contribution >= 4 is 17.2 Å². The number of rotatable bonds is 1. The normalized spacial score (nSPS) is 28.4. The lowest BCUT2D eigenvalue weighted by atomic mass is 9.77. The second kappa shape index (κ2) is 4.79. The summed E-state index contributed by atoms with van der Waals surface area (Å²) in [6, 6.07) is 2.54. The topological polar surface area (TPSA) is 24.9 Å². The van der Waals surface area contributed by atoms with Gasteiger partial charge in [0.15, 0.2) is 0 Å². The number of nitrogens with zero attached hydrogens (tertiary/aromatic N) is 1. The fourth-order valence-electron chi connectivity index (χ4n) is 3.08. The molecule has 1 fully saturated rings. The van der Waals surface area contributed by atoms with E-state index >= 15 is 0 Å². The maximum absolute atomic E-state index is 6.03. The van der Waals surface area contributed by atoms with E-state index in [1.54, 1.807) is 6.20 Å². The fraction of sp³-hybridized carbons (Fsp3) is 0.500. The van der Waals surface area contributed by atoms with Crippen LogP contribution in [0.3, 0.4) is 0 Å². The van der Waals surface area contributed by atoms with E-state index in [0.717, 1.165) is 17.5 Å². The molecule has 17 heavy (non-hydrogen) atoms. The molecule has 2 nitrogen and oxygen atoms in total. The summed E-state index contributed by atoms with van der Waals surface area (Å²) in [5.41, 5.74) is 2.58. The second-order valence-electron chi connectivity index (χ2n) is 4.96. The molecule has 2 heterocycles. The number of hydrogen-bond acceptors (Lipinski definition) is 2. The Morgan fingerprint density at radius 3 is 3.12 bits per heavy atom. The summed E-state index contributed by atoms with van der Waals surface area (Å²) >= 11 is 6.03. The van der Waals surface area contributed by atoms with Gasteiger partial charge in [-0.2, -0.15) is 0 Å². The zero-order valence-electron chi connectivity index (χ0n) is 9.82. The van der Waals surface area contributed by atoms with Crippen LogP contribution in [0.1, 0.15) is 31.2 Å². The Kier molecular flexibility index (Phi) is 3.17. The van der Waals surface area contributed by atoms with Crippen LogP contribution in [0.15, 0.2) is 24.5 Å². The van der Waals surface area contributed by atoms with E-state index in [2.05, 4.69) is 16.4 Å². The van der Waals surface area contributed by atoms with Gasteiger partial charge in [-0.25, -0.2) is 0 Å². The third kappa shape index (κ3) is 2.24. The van der Waals surface area contributed by atoms with Crippen molar-refractivity contribution in [3.63, 3.8) is 0 Å². The highest BCUT2D eigenvalue weighted by atomic mass is 35.5. The number of piperidine rings is 1. The zero-order chi connectivity index (χ0) is 11.7. The second-order valence-corrected chi connectivity index (χ2v) is 5.40. The van der Waals surface area contributed by atoms with Gasteiger partial charge in [0.05, 0.1) is 5.02 Å². The molecule has 2 atom stereocenters. The van der Waals surface area contributed by atoms with Gasteiger partial charge in [-0.05, 0) is 55.3 Å². The number of hydrogen-bond donors (Lipinski definition) is 1. The SMILES string of the molecule is Clc1cncc(C2=CCCC3CCCNC23)c1. The Labute approximate surface area is 107 Å². The van der Waals surface area contributed by atoms with Crippen molar-refractivity contribution in [1.29, 1.82) is 0 Å². The van der Waals surface area contributed by atoms with E-state index < -0.39 is 0 Å². The number of pyridine rings is 1. The number of fused-ring (bicyclic) bond motifs is 1. The van der Waals surface area contributed by atoms with Crippen molar-refractivity contribution < 1.29 is 0 Å². The quantitative estimate of drug-likeness (QED) is 0.825. The molecule has 0 aromatic carbocycles. The van der Waals surface area contributed by atoms with E-state index in [0.29, 0.717) is 6.04 Å². The first-order valence-corrected chi connectivity index (χ1v) is 6.77. The lowest BCUT2D eigenvalue weighted by molar-refractivity contribution is 0.304. The molecular formula is C14H17ClN2. The predicted octanol–water partition coefficient (Wildman–Crippen LogP) is 3.28. The van der Waals surface area contributed by atoms with Crippen molar-refractivity contribution in [1.82, 2.24) is 10.3 Å². The molecule has 1 aromatic heterocycles. The highest BCUT2D eigenvalue weighted by molar-refractivity contribution is 6.30. The van der Waals surface area contributed by atoms with Gasteiger partial charge in [0.2, 0.25) is 0 Å². The highest BCUT2D eigenvalue weighted by Crippen LogP contribution is 2.35. The van der Waals surface area contributed by atoms with Crippen LogP contribution in [0.2, 0.25) is 5.02 Å². The van der Waals surface area contributed by atoms with Gasteiger partial charge < -0.3 is 5.32 Å². The minimum absolute atomic E-state index is 0.512. The van der Waals surface area contributed by atoms with Crippen LogP contribution < -0.4 is 5.32 Å². The van der Waals surface area contributed by atoms with Gasteiger partial charge in [0.1, 0.15) is 0 Å². The van der Waals surface area contributed by atoms with Crippen LogP contribution in [0.5, 0.6) is 0 Å². The predicted molar refractivity (Wildman–Crippen MR) is 71.0 cm³/mol. The average Bonchev–Trinajstić information content (AvgIpc) is 2.38. The molecule has 0 radical (unpaired) electrons. The van der Waals surface area contributed by atoms with Crippen LogP contribution in [0, 0.1) is 5.92 Å². The average molecular weight is 249 g/mol. The Hall–Kier alpha value is -0.860. The van der Waals surface area contributed by atoms with Gasteiger partial charge in [0, 0.05) is 18.4 Å². The van der Waals surface area contributed by atoms with Gasteiger partial charge in [-0.3, -0.25) is 4.98 Å². The Morgan fingerprint density at radius 2 is 2.24 bits per heavy atom. The van der Waals surface area contributed by atoms with Crippen molar-refractivity contribution in [2.45, 2.75) is 31.7 Å². The molecule has 2 aliphatic rings.